The molecule has 25 heavy (non-hydrogen) atoms. The van der Waals surface area contributed by atoms with Gasteiger partial charge in [-0.05, 0) is 74.5 Å². The summed E-state index contributed by atoms with van der Waals surface area (Å²) < 4.78 is 0. The molecule has 0 unspecified atom stereocenters. The molecule has 136 valence electrons. The first-order valence-corrected chi connectivity index (χ1v) is 10.3. The van der Waals surface area contributed by atoms with Gasteiger partial charge >= 0.3 is 0 Å². The van der Waals surface area contributed by atoms with E-state index in [1.165, 1.54) is 75.0 Å². The third-order valence-corrected chi connectivity index (χ3v) is 6.54. The highest BCUT2D eigenvalue weighted by Gasteiger charge is 2.52. The summed E-state index contributed by atoms with van der Waals surface area (Å²) in [7, 11) is 0. The van der Waals surface area contributed by atoms with E-state index < -0.39 is 0 Å². The Morgan fingerprint density at radius 3 is 2.96 bits per heavy atom. The maximum Gasteiger partial charge on any atom is 0.129 e. The molecule has 0 atom stereocenters. The first kappa shape index (κ1) is 17.1. The van der Waals surface area contributed by atoms with Gasteiger partial charge in [-0.2, -0.15) is 0 Å². The van der Waals surface area contributed by atoms with Crippen LogP contribution in [0.3, 0.4) is 0 Å². The molecule has 1 aromatic heterocycles. The van der Waals surface area contributed by atoms with Crippen LogP contribution in [0.5, 0.6) is 0 Å². The molecule has 3 nitrogen and oxygen atoms in total. The Labute approximate surface area is 152 Å². The second kappa shape index (κ2) is 7.11. The molecule has 1 saturated carbocycles. The zero-order chi connectivity index (χ0) is 17.3. The van der Waals surface area contributed by atoms with Crippen molar-refractivity contribution in [1.29, 1.82) is 0 Å². The minimum atomic E-state index is 0.662. The lowest BCUT2D eigenvalue weighted by Crippen LogP contribution is -2.62. The highest BCUT2D eigenvalue weighted by Crippen LogP contribution is 2.54. The van der Waals surface area contributed by atoms with Crippen molar-refractivity contribution < 1.29 is 0 Å². The number of likely N-dealkylation sites (tertiary alicyclic amines) is 1. The van der Waals surface area contributed by atoms with Crippen LogP contribution in [0, 0.1) is 11.3 Å². The summed E-state index contributed by atoms with van der Waals surface area (Å²) in [6.07, 6.45) is 10.1. The molecule has 3 heteroatoms. The second-order valence-electron chi connectivity index (χ2n) is 8.67. The zero-order valence-electron chi connectivity index (χ0n) is 15.8. The summed E-state index contributed by atoms with van der Waals surface area (Å²) in [6.45, 7) is 11.5. The summed E-state index contributed by atoms with van der Waals surface area (Å²) in [5.41, 5.74) is 4.82. The number of rotatable bonds is 8. The minimum absolute atomic E-state index is 0.662. The Morgan fingerprint density at radius 2 is 2.16 bits per heavy atom. The molecule has 0 aromatic carbocycles. The number of nitrogens with one attached hydrogen (secondary N) is 1. The normalized spacial score (nSPS) is 21.5. The second-order valence-corrected chi connectivity index (χ2v) is 8.67. The molecule has 1 spiro atoms. The van der Waals surface area contributed by atoms with E-state index in [1.54, 1.807) is 0 Å². The summed E-state index contributed by atoms with van der Waals surface area (Å²) >= 11 is 0. The summed E-state index contributed by atoms with van der Waals surface area (Å²) in [4.78, 5) is 7.41. The van der Waals surface area contributed by atoms with Crippen LogP contribution in [-0.2, 0) is 12.8 Å². The number of fused-ring (bicyclic) bond motifs is 1. The predicted octanol–water partition coefficient (Wildman–Crippen LogP) is 4.44. The average Bonchev–Trinajstić information content (AvgIpc) is 3.00. The van der Waals surface area contributed by atoms with Gasteiger partial charge in [0.05, 0.1) is 0 Å². The molecule has 0 amide bonds. The molecule has 4 rings (SSSR count). The van der Waals surface area contributed by atoms with E-state index in [4.69, 9.17) is 4.98 Å². The Kier molecular flexibility index (Phi) is 4.86. The van der Waals surface area contributed by atoms with E-state index in [9.17, 15) is 0 Å². The van der Waals surface area contributed by atoms with E-state index in [2.05, 4.69) is 35.9 Å². The number of aryl methyl sites for hydroxylation is 1. The van der Waals surface area contributed by atoms with Crippen molar-refractivity contribution in [3.05, 3.63) is 35.5 Å². The fourth-order valence-electron chi connectivity index (χ4n) is 5.02. The molecule has 1 N–H and O–H groups in total. The molecule has 1 aliphatic carbocycles. The number of anilines is 1. The van der Waals surface area contributed by atoms with Crippen LogP contribution >= 0.6 is 0 Å². The molecule has 3 heterocycles. The van der Waals surface area contributed by atoms with E-state index >= 15 is 0 Å². The van der Waals surface area contributed by atoms with E-state index in [0.29, 0.717) is 5.41 Å². The fourth-order valence-corrected chi connectivity index (χ4v) is 5.02. The van der Waals surface area contributed by atoms with Gasteiger partial charge in [0.25, 0.3) is 0 Å². The largest absolute Gasteiger partial charge is 0.370 e. The van der Waals surface area contributed by atoms with Gasteiger partial charge in [-0.3, -0.25) is 0 Å². The lowest BCUT2D eigenvalue weighted by Gasteiger charge is -2.60. The van der Waals surface area contributed by atoms with E-state index in [-0.39, 0.29) is 0 Å². The van der Waals surface area contributed by atoms with Gasteiger partial charge in [-0.1, -0.05) is 31.6 Å². The lowest BCUT2D eigenvalue weighted by atomic mass is 9.55. The summed E-state index contributed by atoms with van der Waals surface area (Å²) in [5, 5.41) is 3.39. The van der Waals surface area contributed by atoms with Gasteiger partial charge in [0.2, 0.25) is 0 Å². The SMILES string of the molecule is C=C(CCCC)C1CC2(C1)CN(CCCc1ccc3c(n1)NCC3)C2. The molecule has 0 radical (unpaired) electrons. The van der Waals surface area contributed by atoms with Crippen molar-refractivity contribution >= 4 is 5.82 Å². The average molecular weight is 340 g/mol. The van der Waals surface area contributed by atoms with Crippen molar-refractivity contribution in [2.45, 2.75) is 58.3 Å². The number of aromatic nitrogens is 1. The third kappa shape index (κ3) is 3.62. The van der Waals surface area contributed by atoms with Crippen molar-refractivity contribution in [3.63, 3.8) is 0 Å². The van der Waals surface area contributed by atoms with Crippen molar-refractivity contribution in [1.82, 2.24) is 9.88 Å². The third-order valence-electron chi connectivity index (χ3n) is 6.54. The van der Waals surface area contributed by atoms with Crippen molar-refractivity contribution in [2.75, 3.05) is 31.5 Å². The molecule has 1 aromatic rings. The molecular weight excluding hydrogens is 306 g/mol. The Balaban J connectivity index is 1.14. The van der Waals surface area contributed by atoms with Crippen LogP contribution in [0.1, 0.15) is 56.7 Å². The van der Waals surface area contributed by atoms with Crippen LogP contribution < -0.4 is 5.32 Å². The van der Waals surface area contributed by atoms with Crippen molar-refractivity contribution in [2.24, 2.45) is 11.3 Å². The van der Waals surface area contributed by atoms with Crippen molar-refractivity contribution in [3.8, 4) is 0 Å². The van der Waals surface area contributed by atoms with Crippen LogP contribution in [-0.4, -0.2) is 36.1 Å². The molecule has 3 aliphatic rings. The zero-order valence-corrected chi connectivity index (χ0v) is 15.8. The number of pyridine rings is 1. The van der Waals surface area contributed by atoms with Gasteiger partial charge in [0, 0.05) is 25.3 Å². The molecule has 0 bridgehead atoms. The highest BCUT2D eigenvalue weighted by atomic mass is 15.2. The van der Waals surface area contributed by atoms with Crippen LogP contribution in [0.15, 0.2) is 24.3 Å². The van der Waals surface area contributed by atoms with E-state index in [1.807, 2.05) is 0 Å². The monoisotopic (exact) mass is 339 g/mol. The maximum atomic E-state index is 4.76. The highest BCUT2D eigenvalue weighted by molar-refractivity contribution is 5.49. The van der Waals surface area contributed by atoms with Gasteiger partial charge < -0.3 is 10.2 Å². The standard InChI is InChI=1S/C22H33N3/c1-3-4-6-17(2)19-13-22(14-19)15-25(16-22)12-5-7-20-9-8-18-10-11-23-21(18)24-20/h8-9,19H,2-7,10-16H2,1H3,(H,23,24). The number of nitrogens with zero attached hydrogens (tertiary/aromatic N) is 2. The Bertz CT molecular complexity index is 622. The number of hydrogen-bond acceptors (Lipinski definition) is 3. The van der Waals surface area contributed by atoms with Gasteiger partial charge in [-0.15, -0.1) is 0 Å². The van der Waals surface area contributed by atoms with Gasteiger partial charge in [0.1, 0.15) is 5.82 Å². The van der Waals surface area contributed by atoms with Crippen LogP contribution in [0.25, 0.3) is 0 Å². The lowest BCUT2D eigenvalue weighted by molar-refractivity contribution is -0.0849. The van der Waals surface area contributed by atoms with Crippen LogP contribution in [0.2, 0.25) is 0 Å². The Hall–Kier alpha value is -1.35. The van der Waals surface area contributed by atoms with Gasteiger partial charge in [0.15, 0.2) is 0 Å². The van der Waals surface area contributed by atoms with E-state index in [0.717, 1.165) is 31.1 Å². The first-order valence-electron chi connectivity index (χ1n) is 10.3. The Morgan fingerprint density at radius 1 is 1.32 bits per heavy atom. The summed E-state index contributed by atoms with van der Waals surface area (Å²) in [6, 6.07) is 4.48. The predicted molar refractivity (Wildman–Crippen MR) is 105 cm³/mol. The van der Waals surface area contributed by atoms with Gasteiger partial charge in [-0.25, -0.2) is 4.98 Å². The fraction of sp³-hybridized carbons (Fsp3) is 0.682. The number of allylic oxidation sites excluding steroid dienone is 1. The summed E-state index contributed by atoms with van der Waals surface area (Å²) in [5.74, 6) is 1.96. The topological polar surface area (TPSA) is 28.2 Å². The maximum absolute atomic E-state index is 4.76. The molecule has 2 fully saturated rings. The number of unbranched alkanes of at least 4 members (excludes halogenated alkanes) is 1. The first-order chi connectivity index (χ1) is 12.2. The van der Waals surface area contributed by atoms with Crippen LogP contribution in [0.4, 0.5) is 5.82 Å². The number of hydrogen-bond donors (Lipinski definition) is 1. The molecular formula is C22H33N3. The minimum Gasteiger partial charge on any atom is -0.370 e. The molecule has 2 aliphatic heterocycles. The molecule has 1 saturated heterocycles. The quantitative estimate of drug-likeness (QED) is 0.710. The smallest absolute Gasteiger partial charge is 0.129 e.